The van der Waals surface area contributed by atoms with E-state index in [1.807, 2.05) is 12.1 Å². The second-order valence-electron chi connectivity index (χ2n) is 4.14. The molecule has 0 aliphatic carbocycles. The summed E-state index contributed by atoms with van der Waals surface area (Å²) in [6.45, 7) is 1.34. The molecule has 5 nitrogen and oxygen atoms in total. The van der Waals surface area contributed by atoms with Crippen LogP contribution in [0.2, 0.25) is 0 Å². The molecule has 0 saturated heterocycles. The van der Waals surface area contributed by atoms with Gasteiger partial charge in [0, 0.05) is 35.5 Å². The molecule has 0 fully saturated rings. The maximum absolute atomic E-state index is 11.9. The van der Waals surface area contributed by atoms with Gasteiger partial charge in [0.2, 0.25) is 0 Å². The van der Waals surface area contributed by atoms with E-state index >= 15 is 0 Å². The molecule has 20 heavy (non-hydrogen) atoms. The summed E-state index contributed by atoms with van der Waals surface area (Å²) in [5.74, 6) is 0.677. The maximum atomic E-state index is 11.9. The molecule has 0 aliphatic rings. The highest BCUT2D eigenvalue weighted by molar-refractivity contribution is 9.10. The van der Waals surface area contributed by atoms with Crippen LogP contribution in [0.5, 0.6) is 0 Å². The van der Waals surface area contributed by atoms with Gasteiger partial charge in [0.1, 0.15) is 5.82 Å². The molecule has 2 rings (SSSR count). The minimum atomic E-state index is -0.0641. The number of halogens is 1. The number of benzene rings is 1. The minimum absolute atomic E-state index is 0.0641. The molecular formula is C14H15BrN4O. The molecule has 0 bridgehead atoms. The van der Waals surface area contributed by atoms with E-state index in [0.717, 1.165) is 23.3 Å². The lowest BCUT2D eigenvalue weighted by Gasteiger charge is -2.07. The third-order valence-corrected chi connectivity index (χ3v) is 3.09. The Hall–Kier alpha value is -1.95. The highest BCUT2D eigenvalue weighted by Gasteiger charge is 2.04. The van der Waals surface area contributed by atoms with Gasteiger partial charge in [-0.3, -0.25) is 9.78 Å². The van der Waals surface area contributed by atoms with E-state index in [9.17, 15) is 4.79 Å². The SMILES string of the molecule is O=C(NCCCNc1cnccn1)c1cccc(Br)c1. The molecule has 0 aliphatic heterocycles. The average Bonchev–Trinajstić information content (AvgIpc) is 2.48. The van der Waals surface area contributed by atoms with Crippen molar-refractivity contribution in [2.45, 2.75) is 6.42 Å². The van der Waals surface area contributed by atoms with Crippen molar-refractivity contribution in [2.75, 3.05) is 18.4 Å². The fourth-order valence-corrected chi connectivity index (χ4v) is 2.03. The molecule has 1 aromatic heterocycles. The Morgan fingerprint density at radius 2 is 2.15 bits per heavy atom. The van der Waals surface area contributed by atoms with Gasteiger partial charge in [-0.2, -0.15) is 0 Å². The summed E-state index contributed by atoms with van der Waals surface area (Å²) >= 11 is 3.35. The average molecular weight is 335 g/mol. The zero-order chi connectivity index (χ0) is 14.2. The standard InChI is InChI=1S/C14H15BrN4O/c15-12-4-1-3-11(9-12)14(20)19-6-2-5-17-13-10-16-7-8-18-13/h1,3-4,7-10H,2,5-6H2,(H,17,18)(H,19,20). The van der Waals surface area contributed by atoms with Crippen molar-refractivity contribution >= 4 is 27.7 Å². The van der Waals surface area contributed by atoms with Crippen molar-refractivity contribution in [3.8, 4) is 0 Å². The van der Waals surface area contributed by atoms with Crippen molar-refractivity contribution in [1.82, 2.24) is 15.3 Å². The predicted molar refractivity (Wildman–Crippen MR) is 81.6 cm³/mol. The van der Waals surface area contributed by atoms with E-state index in [2.05, 4.69) is 36.5 Å². The topological polar surface area (TPSA) is 66.9 Å². The van der Waals surface area contributed by atoms with Gasteiger partial charge in [-0.1, -0.05) is 22.0 Å². The number of nitrogens with zero attached hydrogens (tertiary/aromatic N) is 2. The van der Waals surface area contributed by atoms with Crippen LogP contribution in [0, 0.1) is 0 Å². The molecular weight excluding hydrogens is 320 g/mol. The summed E-state index contributed by atoms with van der Waals surface area (Å²) in [5, 5.41) is 6.01. The van der Waals surface area contributed by atoms with Gasteiger partial charge >= 0.3 is 0 Å². The quantitative estimate of drug-likeness (QED) is 0.796. The van der Waals surface area contributed by atoms with E-state index < -0.39 is 0 Å². The summed E-state index contributed by atoms with van der Waals surface area (Å²) in [6, 6.07) is 7.32. The number of carbonyl (C=O) groups is 1. The summed E-state index contributed by atoms with van der Waals surface area (Å²) in [7, 11) is 0. The van der Waals surface area contributed by atoms with Gasteiger partial charge in [0.05, 0.1) is 6.20 Å². The van der Waals surface area contributed by atoms with E-state index in [4.69, 9.17) is 0 Å². The highest BCUT2D eigenvalue weighted by Crippen LogP contribution is 2.11. The van der Waals surface area contributed by atoms with Gasteiger partial charge in [0.25, 0.3) is 5.91 Å². The van der Waals surface area contributed by atoms with Crippen LogP contribution in [0.25, 0.3) is 0 Å². The molecule has 0 radical (unpaired) electrons. The van der Waals surface area contributed by atoms with Crippen molar-refractivity contribution in [3.63, 3.8) is 0 Å². The van der Waals surface area contributed by atoms with Crippen LogP contribution in [0.1, 0.15) is 16.8 Å². The second kappa shape index (κ2) is 7.59. The molecule has 2 N–H and O–H groups in total. The summed E-state index contributed by atoms with van der Waals surface area (Å²) in [6.07, 6.45) is 5.75. The third-order valence-electron chi connectivity index (χ3n) is 2.60. The fraction of sp³-hybridized carbons (Fsp3) is 0.214. The van der Waals surface area contributed by atoms with Gasteiger partial charge in [-0.15, -0.1) is 0 Å². The van der Waals surface area contributed by atoms with Crippen LogP contribution in [0.15, 0.2) is 47.3 Å². The molecule has 0 spiro atoms. The number of nitrogens with one attached hydrogen (secondary N) is 2. The van der Waals surface area contributed by atoms with Crippen molar-refractivity contribution in [3.05, 3.63) is 52.9 Å². The molecule has 1 amide bonds. The smallest absolute Gasteiger partial charge is 0.251 e. The molecule has 1 aromatic carbocycles. The first kappa shape index (κ1) is 14.5. The van der Waals surface area contributed by atoms with Gasteiger partial charge < -0.3 is 10.6 Å². The van der Waals surface area contributed by atoms with Crippen LogP contribution in [-0.4, -0.2) is 29.0 Å². The summed E-state index contributed by atoms with van der Waals surface area (Å²) < 4.78 is 0.898. The monoisotopic (exact) mass is 334 g/mol. The van der Waals surface area contributed by atoms with Crippen molar-refractivity contribution in [2.24, 2.45) is 0 Å². The summed E-state index contributed by atoms with van der Waals surface area (Å²) in [4.78, 5) is 19.9. The largest absolute Gasteiger partial charge is 0.369 e. The van der Waals surface area contributed by atoms with Gasteiger partial charge in [-0.25, -0.2) is 4.98 Å². The normalized spacial score (nSPS) is 10.1. The molecule has 0 unspecified atom stereocenters. The lowest BCUT2D eigenvalue weighted by Crippen LogP contribution is -2.25. The molecule has 2 aromatic rings. The first-order valence-electron chi connectivity index (χ1n) is 6.29. The van der Waals surface area contributed by atoms with Gasteiger partial charge in [-0.05, 0) is 24.6 Å². The second-order valence-corrected chi connectivity index (χ2v) is 5.05. The van der Waals surface area contributed by atoms with Crippen LogP contribution >= 0.6 is 15.9 Å². The Bertz CT molecular complexity index is 562. The van der Waals surface area contributed by atoms with Crippen molar-refractivity contribution in [1.29, 1.82) is 0 Å². The van der Waals surface area contributed by atoms with Crippen LogP contribution in [-0.2, 0) is 0 Å². The van der Waals surface area contributed by atoms with E-state index in [0.29, 0.717) is 12.1 Å². The number of amides is 1. The molecule has 6 heteroatoms. The van der Waals surface area contributed by atoms with E-state index in [1.54, 1.807) is 30.7 Å². The number of hydrogen-bond acceptors (Lipinski definition) is 4. The first-order valence-corrected chi connectivity index (χ1v) is 7.08. The van der Waals surface area contributed by atoms with Crippen LogP contribution < -0.4 is 10.6 Å². The van der Waals surface area contributed by atoms with E-state index in [1.165, 1.54) is 0 Å². The van der Waals surface area contributed by atoms with Crippen molar-refractivity contribution < 1.29 is 4.79 Å². The Morgan fingerprint density at radius 3 is 2.90 bits per heavy atom. The number of rotatable bonds is 6. The predicted octanol–water partition coefficient (Wildman–Crippen LogP) is 2.47. The van der Waals surface area contributed by atoms with E-state index in [-0.39, 0.29) is 5.91 Å². The Morgan fingerprint density at radius 1 is 1.25 bits per heavy atom. The third kappa shape index (κ3) is 4.62. The Balaban J connectivity index is 1.67. The lowest BCUT2D eigenvalue weighted by atomic mass is 10.2. The molecule has 104 valence electrons. The number of carbonyl (C=O) groups excluding carboxylic acids is 1. The molecule has 0 atom stereocenters. The highest BCUT2D eigenvalue weighted by atomic mass is 79.9. The maximum Gasteiger partial charge on any atom is 0.251 e. The van der Waals surface area contributed by atoms with Crippen LogP contribution in [0.3, 0.4) is 0 Å². The van der Waals surface area contributed by atoms with Gasteiger partial charge in [0.15, 0.2) is 0 Å². The lowest BCUT2D eigenvalue weighted by molar-refractivity contribution is 0.0953. The summed E-state index contributed by atoms with van der Waals surface area (Å²) in [5.41, 5.74) is 0.654. The number of aromatic nitrogens is 2. The minimum Gasteiger partial charge on any atom is -0.369 e. The molecule has 1 heterocycles. The van der Waals surface area contributed by atoms with Crippen LogP contribution in [0.4, 0.5) is 5.82 Å². The number of anilines is 1. The number of hydrogen-bond donors (Lipinski definition) is 2. The zero-order valence-corrected chi connectivity index (χ0v) is 12.4. The Labute approximate surface area is 126 Å². The molecule has 0 saturated carbocycles. The zero-order valence-electron chi connectivity index (χ0n) is 10.8. The fourth-order valence-electron chi connectivity index (χ4n) is 1.63. The first-order chi connectivity index (χ1) is 9.75. The Kier molecular flexibility index (Phi) is 5.49.